The van der Waals surface area contributed by atoms with Crippen molar-refractivity contribution in [2.45, 2.75) is 0 Å². The molecule has 0 aliphatic rings. The molecule has 2 aromatic heterocycles. The summed E-state index contributed by atoms with van der Waals surface area (Å²) < 4.78 is 0. The van der Waals surface area contributed by atoms with E-state index in [0.29, 0.717) is 41.0 Å². The van der Waals surface area contributed by atoms with Gasteiger partial charge in [-0.15, -0.1) is 0 Å². The molecule has 5 aromatic rings. The third-order valence-corrected chi connectivity index (χ3v) is 6.42. The Labute approximate surface area is 242 Å². The van der Waals surface area contributed by atoms with Crippen LogP contribution in [0, 0.1) is 11.3 Å². The van der Waals surface area contributed by atoms with Crippen LogP contribution in [-0.4, -0.2) is 40.0 Å². The lowest BCUT2D eigenvalue weighted by Crippen LogP contribution is -2.28. The van der Waals surface area contributed by atoms with Crippen LogP contribution in [0.5, 0.6) is 5.75 Å². The first-order chi connectivity index (χ1) is 20.5. The minimum Gasteiger partial charge on any atom is -0.507 e. The number of phenols is 1. The van der Waals surface area contributed by atoms with Crippen molar-refractivity contribution in [2.24, 2.45) is 0 Å². The molecular formula is C33H26N6O3. The van der Waals surface area contributed by atoms with Gasteiger partial charge in [0.15, 0.2) is 5.82 Å². The van der Waals surface area contributed by atoms with Gasteiger partial charge in [-0.25, -0.2) is 4.98 Å². The number of nitrogens with one attached hydrogen (secondary N) is 3. The Morgan fingerprint density at radius 3 is 2.36 bits per heavy atom. The Balaban J connectivity index is 1.47. The highest BCUT2D eigenvalue weighted by Crippen LogP contribution is 2.35. The van der Waals surface area contributed by atoms with Crippen LogP contribution in [-0.2, 0) is 0 Å². The highest BCUT2D eigenvalue weighted by atomic mass is 16.3. The van der Waals surface area contributed by atoms with E-state index in [1.54, 1.807) is 66.9 Å². The molecule has 0 spiro atoms. The summed E-state index contributed by atoms with van der Waals surface area (Å²) in [5.41, 5.74) is 3.52. The van der Waals surface area contributed by atoms with E-state index in [1.165, 1.54) is 12.3 Å². The van der Waals surface area contributed by atoms with Gasteiger partial charge < -0.3 is 21.1 Å². The standard InChI is InChI=1S/C33H26N6O3/c34-20-28-27(22-8-6-9-23(18-22)32(41)37-17-16-36-25-11-2-1-3-12-25)19-29(26-13-4-5-14-30(26)40)38-31(28)39-33(42)24-10-7-15-35-21-24/h1-15,18-19,21,36,40H,16-17H2,(H,37,41)(H,38,39,42). The molecule has 2 heterocycles. The second-order valence-corrected chi connectivity index (χ2v) is 9.23. The van der Waals surface area contributed by atoms with E-state index in [1.807, 2.05) is 30.3 Å². The quantitative estimate of drug-likeness (QED) is 0.177. The van der Waals surface area contributed by atoms with Gasteiger partial charge in [-0.2, -0.15) is 5.26 Å². The zero-order valence-corrected chi connectivity index (χ0v) is 22.4. The molecule has 206 valence electrons. The minimum absolute atomic E-state index is 0.0116. The molecule has 4 N–H and O–H groups in total. The summed E-state index contributed by atoms with van der Waals surface area (Å²) >= 11 is 0. The lowest BCUT2D eigenvalue weighted by molar-refractivity contribution is 0.0954. The largest absolute Gasteiger partial charge is 0.507 e. The second-order valence-electron chi connectivity index (χ2n) is 9.23. The lowest BCUT2D eigenvalue weighted by atomic mass is 9.96. The van der Waals surface area contributed by atoms with Crippen LogP contribution in [0.1, 0.15) is 26.3 Å². The van der Waals surface area contributed by atoms with Crippen molar-refractivity contribution in [2.75, 3.05) is 23.7 Å². The highest BCUT2D eigenvalue weighted by molar-refractivity contribution is 6.05. The number of benzene rings is 3. The molecule has 5 rings (SSSR count). The van der Waals surface area contributed by atoms with Crippen molar-refractivity contribution in [3.05, 3.63) is 126 Å². The third kappa shape index (κ3) is 6.41. The normalized spacial score (nSPS) is 10.4. The number of amides is 2. The molecule has 9 nitrogen and oxygen atoms in total. The number of hydrogen-bond donors (Lipinski definition) is 4. The monoisotopic (exact) mass is 554 g/mol. The fraction of sp³-hybridized carbons (Fsp3) is 0.0606. The fourth-order valence-electron chi connectivity index (χ4n) is 4.35. The van der Waals surface area contributed by atoms with Crippen molar-refractivity contribution >= 4 is 23.3 Å². The van der Waals surface area contributed by atoms with Crippen LogP contribution < -0.4 is 16.0 Å². The first kappa shape index (κ1) is 27.6. The average molecular weight is 555 g/mol. The van der Waals surface area contributed by atoms with Gasteiger partial charge in [-0.1, -0.05) is 42.5 Å². The van der Waals surface area contributed by atoms with E-state index >= 15 is 0 Å². The van der Waals surface area contributed by atoms with Gasteiger partial charge in [-0.05, 0) is 60.2 Å². The highest BCUT2D eigenvalue weighted by Gasteiger charge is 2.20. The smallest absolute Gasteiger partial charge is 0.258 e. The van der Waals surface area contributed by atoms with Gasteiger partial charge in [0.25, 0.3) is 11.8 Å². The number of rotatable bonds is 9. The summed E-state index contributed by atoms with van der Waals surface area (Å²) in [6.07, 6.45) is 2.96. The van der Waals surface area contributed by atoms with Gasteiger partial charge >= 0.3 is 0 Å². The molecule has 2 amide bonds. The molecule has 0 unspecified atom stereocenters. The zero-order valence-electron chi connectivity index (χ0n) is 22.4. The molecule has 0 atom stereocenters. The number of carbonyl (C=O) groups is 2. The van der Waals surface area contributed by atoms with Crippen LogP contribution in [0.4, 0.5) is 11.5 Å². The number of pyridine rings is 2. The molecule has 0 saturated carbocycles. The summed E-state index contributed by atoms with van der Waals surface area (Å²) in [5.74, 6) is -0.763. The maximum absolute atomic E-state index is 13.0. The number of hydrogen-bond acceptors (Lipinski definition) is 7. The van der Waals surface area contributed by atoms with Crippen molar-refractivity contribution in [3.8, 4) is 34.2 Å². The molecule has 0 radical (unpaired) electrons. The van der Waals surface area contributed by atoms with Crippen molar-refractivity contribution in [1.82, 2.24) is 15.3 Å². The van der Waals surface area contributed by atoms with Crippen LogP contribution in [0.25, 0.3) is 22.4 Å². The lowest BCUT2D eigenvalue weighted by Gasteiger charge is -2.15. The first-order valence-electron chi connectivity index (χ1n) is 13.2. The first-order valence-corrected chi connectivity index (χ1v) is 13.2. The van der Waals surface area contributed by atoms with Crippen molar-refractivity contribution < 1.29 is 14.7 Å². The Morgan fingerprint density at radius 2 is 1.60 bits per heavy atom. The second kappa shape index (κ2) is 12.9. The predicted octanol–water partition coefficient (Wildman–Crippen LogP) is 5.48. The van der Waals surface area contributed by atoms with E-state index in [2.05, 4.69) is 32.0 Å². The summed E-state index contributed by atoms with van der Waals surface area (Å²) in [6.45, 7) is 0.945. The van der Waals surface area contributed by atoms with E-state index in [-0.39, 0.29) is 28.6 Å². The molecule has 0 saturated heterocycles. The number of anilines is 2. The van der Waals surface area contributed by atoms with Crippen LogP contribution in [0.2, 0.25) is 0 Å². The number of aromatic hydroxyl groups is 1. The SMILES string of the molecule is N#Cc1c(-c2cccc(C(=O)NCCNc3ccccc3)c2)cc(-c2ccccc2O)nc1NC(=O)c1cccnc1. The number of nitrogens with zero attached hydrogens (tertiary/aromatic N) is 3. The third-order valence-electron chi connectivity index (χ3n) is 6.42. The zero-order chi connectivity index (χ0) is 29.3. The van der Waals surface area contributed by atoms with Gasteiger partial charge in [0.2, 0.25) is 0 Å². The number of nitriles is 1. The Bertz CT molecular complexity index is 1770. The number of aromatic nitrogens is 2. The topological polar surface area (TPSA) is 140 Å². The van der Waals surface area contributed by atoms with Gasteiger partial charge in [0, 0.05) is 47.9 Å². The molecule has 0 bridgehead atoms. The molecule has 0 aliphatic heterocycles. The molecule has 3 aromatic carbocycles. The van der Waals surface area contributed by atoms with E-state index in [9.17, 15) is 20.0 Å². The molecular weight excluding hydrogens is 528 g/mol. The molecule has 0 fully saturated rings. The van der Waals surface area contributed by atoms with E-state index < -0.39 is 5.91 Å². The van der Waals surface area contributed by atoms with Crippen LogP contribution >= 0.6 is 0 Å². The average Bonchev–Trinajstić information content (AvgIpc) is 3.04. The Hall–Kier alpha value is -6.01. The van der Waals surface area contributed by atoms with Gasteiger partial charge in [-0.3, -0.25) is 14.6 Å². The van der Waals surface area contributed by atoms with E-state index in [4.69, 9.17) is 0 Å². The maximum atomic E-state index is 13.0. The molecule has 0 aliphatic carbocycles. The number of phenolic OH excluding ortho intramolecular Hbond substituents is 1. The minimum atomic E-state index is -0.496. The van der Waals surface area contributed by atoms with Gasteiger partial charge in [0.1, 0.15) is 17.4 Å². The van der Waals surface area contributed by atoms with Crippen molar-refractivity contribution in [1.29, 1.82) is 5.26 Å². The van der Waals surface area contributed by atoms with Crippen LogP contribution in [0.3, 0.4) is 0 Å². The molecule has 9 heteroatoms. The van der Waals surface area contributed by atoms with Crippen molar-refractivity contribution in [3.63, 3.8) is 0 Å². The maximum Gasteiger partial charge on any atom is 0.258 e. The molecule has 42 heavy (non-hydrogen) atoms. The summed E-state index contributed by atoms with van der Waals surface area (Å²) in [5, 5.41) is 29.6. The predicted molar refractivity (Wildman–Crippen MR) is 161 cm³/mol. The fourth-order valence-corrected chi connectivity index (χ4v) is 4.35. The van der Waals surface area contributed by atoms with Crippen LogP contribution in [0.15, 0.2) is 109 Å². The van der Waals surface area contributed by atoms with E-state index in [0.717, 1.165) is 5.69 Å². The summed E-state index contributed by atoms with van der Waals surface area (Å²) in [4.78, 5) is 34.5. The van der Waals surface area contributed by atoms with Gasteiger partial charge in [0.05, 0.1) is 11.3 Å². The summed E-state index contributed by atoms with van der Waals surface area (Å²) in [7, 11) is 0. The Kier molecular flexibility index (Phi) is 8.46. The number of para-hydroxylation sites is 2. The Morgan fingerprint density at radius 1 is 0.810 bits per heavy atom. The summed E-state index contributed by atoms with van der Waals surface area (Å²) in [6, 6.07) is 30.2. The number of carbonyl (C=O) groups excluding carboxylic acids is 2.